The molecule has 1 saturated heterocycles. The van der Waals surface area contributed by atoms with Gasteiger partial charge in [-0.25, -0.2) is 4.79 Å². The van der Waals surface area contributed by atoms with Crippen LogP contribution in [0, 0.1) is 11.8 Å². The number of fused-ring (bicyclic) bond motifs is 1. The molecular weight excluding hydrogens is 482 g/mol. The maximum absolute atomic E-state index is 14.4. The molecule has 0 spiro atoms. The number of ether oxygens (including phenoxy) is 1. The Morgan fingerprint density at radius 3 is 2.18 bits per heavy atom. The lowest BCUT2D eigenvalue weighted by Crippen LogP contribution is -2.67. The minimum absolute atomic E-state index is 0.0815. The molecule has 0 saturated carbocycles. The molecule has 4 rings (SSSR count). The molecule has 202 valence electrons. The second kappa shape index (κ2) is 11.4. The minimum Gasteiger partial charge on any atom is -0.465 e. The molecule has 3 amide bonds. The van der Waals surface area contributed by atoms with Gasteiger partial charge in [0.2, 0.25) is 17.7 Å². The third-order valence-corrected chi connectivity index (χ3v) is 7.32. The molecule has 0 bridgehead atoms. The summed E-state index contributed by atoms with van der Waals surface area (Å²) in [6, 6.07) is 11.6. The van der Waals surface area contributed by atoms with Crippen LogP contribution in [0.4, 0.5) is 0 Å². The first-order valence-corrected chi connectivity index (χ1v) is 13.3. The van der Waals surface area contributed by atoms with Crippen molar-refractivity contribution in [2.24, 2.45) is 11.8 Å². The van der Waals surface area contributed by atoms with Crippen molar-refractivity contribution >= 4 is 23.7 Å². The molecule has 8 heteroatoms. The van der Waals surface area contributed by atoms with E-state index in [2.05, 4.69) is 22.8 Å². The number of nitrogens with zero attached hydrogens (tertiary/aromatic N) is 1. The molecule has 2 aromatic carbocycles. The Kier molecular flexibility index (Phi) is 8.19. The number of hydrogen-bond donors (Lipinski definition) is 2. The topological polar surface area (TPSA) is 105 Å². The highest BCUT2D eigenvalue weighted by Gasteiger charge is 2.50. The first-order chi connectivity index (χ1) is 18.1. The highest BCUT2D eigenvalue weighted by molar-refractivity contribution is 6.01. The van der Waals surface area contributed by atoms with E-state index in [1.807, 2.05) is 39.8 Å². The lowest BCUT2D eigenvalue weighted by molar-refractivity contribution is -0.158. The van der Waals surface area contributed by atoms with Crippen LogP contribution in [-0.2, 0) is 32.0 Å². The molecule has 0 aromatic heterocycles. The Balaban J connectivity index is 1.82. The highest BCUT2D eigenvalue weighted by atomic mass is 16.5. The molecule has 1 aliphatic carbocycles. The van der Waals surface area contributed by atoms with E-state index >= 15 is 0 Å². The van der Waals surface area contributed by atoms with Gasteiger partial charge in [-0.05, 0) is 67.7 Å². The van der Waals surface area contributed by atoms with Crippen molar-refractivity contribution in [3.05, 3.63) is 70.8 Å². The van der Waals surface area contributed by atoms with E-state index in [-0.39, 0.29) is 35.3 Å². The van der Waals surface area contributed by atoms with E-state index in [1.165, 1.54) is 23.1 Å². The molecule has 2 aromatic rings. The number of piperazine rings is 1. The van der Waals surface area contributed by atoms with Gasteiger partial charge in [0.05, 0.1) is 12.7 Å². The van der Waals surface area contributed by atoms with E-state index in [0.717, 1.165) is 0 Å². The van der Waals surface area contributed by atoms with Crippen molar-refractivity contribution in [1.29, 1.82) is 0 Å². The fourth-order valence-electron chi connectivity index (χ4n) is 5.69. The molecule has 2 N–H and O–H groups in total. The zero-order chi connectivity index (χ0) is 27.6. The lowest BCUT2D eigenvalue weighted by atomic mass is 9.87. The number of benzene rings is 2. The molecule has 2 aliphatic rings. The van der Waals surface area contributed by atoms with Gasteiger partial charge in [-0.15, -0.1) is 0 Å². The van der Waals surface area contributed by atoms with Crippen molar-refractivity contribution in [3.63, 3.8) is 0 Å². The summed E-state index contributed by atoms with van der Waals surface area (Å²) in [5.74, 6) is -1.69. The van der Waals surface area contributed by atoms with Crippen LogP contribution < -0.4 is 10.6 Å². The second-order valence-electron chi connectivity index (χ2n) is 11.0. The third-order valence-electron chi connectivity index (χ3n) is 7.32. The quantitative estimate of drug-likeness (QED) is 0.521. The van der Waals surface area contributed by atoms with Gasteiger partial charge in [0.15, 0.2) is 0 Å². The summed E-state index contributed by atoms with van der Waals surface area (Å²) in [6.45, 7) is 7.61. The van der Waals surface area contributed by atoms with E-state index in [1.54, 1.807) is 24.3 Å². The largest absolute Gasteiger partial charge is 0.465 e. The van der Waals surface area contributed by atoms with Crippen LogP contribution in [0.5, 0.6) is 0 Å². The zero-order valence-corrected chi connectivity index (χ0v) is 22.7. The van der Waals surface area contributed by atoms with Gasteiger partial charge in [-0.1, -0.05) is 56.3 Å². The first-order valence-electron chi connectivity index (χ1n) is 13.3. The van der Waals surface area contributed by atoms with Crippen LogP contribution >= 0.6 is 0 Å². The first kappa shape index (κ1) is 27.4. The smallest absolute Gasteiger partial charge is 0.338 e. The molecular formula is C30H37N3O5. The number of esters is 1. The van der Waals surface area contributed by atoms with Crippen LogP contribution in [-0.4, -0.2) is 53.8 Å². The van der Waals surface area contributed by atoms with Gasteiger partial charge >= 0.3 is 5.97 Å². The predicted octanol–water partition coefficient (Wildman–Crippen LogP) is 3.20. The number of rotatable bonds is 8. The minimum atomic E-state index is -1.18. The Hall–Kier alpha value is -3.68. The maximum atomic E-state index is 14.4. The van der Waals surface area contributed by atoms with E-state index in [0.29, 0.717) is 24.8 Å². The summed E-state index contributed by atoms with van der Waals surface area (Å²) in [5, 5.41) is 5.92. The van der Waals surface area contributed by atoms with E-state index in [9.17, 15) is 19.2 Å². The predicted molar refractivity (Wildman–Crippen MR) is 143 cm³/mol. The van der Waals surface area contributed by atoms with Gasteiger partial charge < -0.3 is 20.3 Å². The van der Waals surface area contributed by atoms with Gasteiger partial charge in [0, 0.05) is 6.04 Å². The number of methoxy groups -OCH3 is 1. The van der Waals surface area contributed by atoms with Crippen molar-refractivity contribution in [1.82, 2.24) is 15.5 Å². The lowest BCUT2D eigenvalue weighted by Gasteiger charge is -2.45. The summed E-state index contributed by atoms with van der Waals surface area (Å²) in [5.41, 5.74) is 2.86. The average Bonchev–Trinajstić information content (AvgIpc) is 3.31. The van der Waals surface area contributed by atoms with Gasteiger partial charge in [-0.3, -0.25) is 14.4 Å². The average molecular weight is 520 g/mol. The molecule has 38 heavy (non-hydrogen) atoms. The molecule has 3 atom stereocenters. The summed E-state index contributed by atoms with van der Waals surface area (Å²) < 4.78 is 5.00. The molecule has 0 unspecified atom stereocenters. The summed E-state index contributed by atoms with van der Waals surface area (Å²) >= 11 is 0. The van der Waals surface area contributed by atoms with Crippen LogP contribution in [0.3, 0.4) is 0 Å². The van der Waals surface area contributed by atoms with Gasteiger partial charge in [-0.2, -0.15) is 0 Å². The SMILES string of the molecule is COC(=O)c1ccccc1[C@@H](C(=O)NC(C)C)N1C(=O)[C@@H](C2Cc3ccccc3C2)NC(=O)[C@H]1CC(C)C. The van der Waals surface area contributed by atoms with Gasteiger partial charge in [0.25, 0.3) is 0 Å². The van der Waals surface area contributed by atoms with Crippen LogP contribution in [0.1, 0.15) is 67.2 Å². The fourth-order valence-corrected chi connectivity index (χ4v) is 5.69. The number of hydrogen-bond acceptors (Lipinski definition) is 5. The molecule has 8 nitrogen and oxygen atoms in total. The Morgan fingerprint density at radius 2 is 1.61 bits per heavy atom. The number of carbonyl (C=O) groups is 4. The normalized spacial score (nSPS) is 20.3. The molecule has 0 radical (unpaired) electrons. The summed E-state index contributed by atoms with van der Waals surface area (Å²) in [7, 11) is 1.27. The second-order valence-corrected chi connectivity index (χ2v) is 11.0. The van der Waals surface area contributed by atoms with Gasteiger partial charge in [0.1, 0.15) is 18.1 Å². The summed E-state index contributed by atoms with van der Waals surface area (Å²) in [6.07, 6.45) is 1.70. The Labute approximate surface area is 224 Å². The van der Waals surface area contributed by atoms with Crippen molar-refractivity contribution in [2.75, 3.05) is 7.11 Å². The van der Waals surface area contributed by atoms with Crippen LogP contribution in [0.25, 0.3) is 0 Å². The van der Waals surface area contributed by atoms with Crippen molar-refractivity contribution in [3.8, 4) is 0 Å². The number of amides is 3. The van der Waals surface area contributed by atoms with E-state index < -0.39 is 30.0 Å². The zero-order valence-electron chi connectivity index (χ0n) is 22.7. The third kappa shape index (κ3) is 5.44. The van der Waals surface area contributed by atoms with Crippen molar-refractivity contribution in [2.45, 2.75) is 71.1 Å². The monoisotopic (exact) mass is 519 g/mol. The number of carbonyl (C=O) groups excluding carboxylic acids is 4. The van der Waals surface area contributed by atoms with Crippen molar-refractivity contribution < 1.29 is 23.9 Å². The standard InChI is InChI=1S/C30H37N3O5/c1-17(2)14-24-27(34)32-25(21-15-19-10-6-7-11-20(19)16-21)29(36)33(24)26(28(35)31-18(3)4)22-12-8-9-13-23(22)30(37)38-5/h6-13,17-18,21,24-26H,14-16H2,1-5H3,(H,31,35)(H,32,34)/t24-,25-,26+/m1/s1. The van der Waals surface area contributed by atoms with Crippen LogP contribution in [0.15, 0.2) is 48.5 Å². The fraction of sp³-hybridized carbons (Fsp3) is 0.467. The molecule has 1 aliphatic heterocycles. The van der Waals surface area contributed by atoms with E-state index in [4.69, 9.17) is 4.74 Å². The molecule has 1 fully saturated rings. The maximum Gasteiger partial charge on any atom is 0.338 e. The summed E-state index contributed by atoms with van der Waals surface area (Å²) in [4.78, 5) is 56.0. The Morgan fingerprint density at radius 1 is 1.00 bits per heavy atom. The van der Waals surface area contributed by atoms with Crippen LogP contribution in [0.2, 0.25) is 0 Å². The number of nitrogens with one attached hydrogen (secondary N) is 2. The Bertz CT molecular complexity index is 1200. The highest BCUT2D eigenvalue weighted by Crippen LogP contribution is 2.36. The molecule has 1 heterocycles.